The zero-order valence-corrected chi connectivity index (χ0v) is 8.75. The van der Waals surface area contributed by atoms with Gasteiger partial charge in [0, 0.05) is 6.21 Å². The Morgan fingerprint density at radius 3 is 2.06 bits per heavy atom. The van der Waals surface area contributed by atoms with Gasteiger partial charge in [0.05, 0.1) is 5.69 Å². The normalized spacial score (nSPS) is 17.2. The number of hydrogen-bond donors (Lipinski definition) is 0. The highest BCUT2D eigenvalue weighted by molar-refractivity contribution is 8.45. The number of nitrogens with zero attached hydrogens (tertiary/aromatic N) is 1. The van der Waals surface area contributed by atoms with E-state index < -0.39 is 26.6 Å². The van der Waals surface area contributed by atoms with Crippen LogP contribution in [0, 0.1) is 5.82 Å². The van der Waals surface area contributed by atoms with E-state index >= 15 is 0 Å². The summed E-state index contributed by atoms with van der Waals surface area (Å²) in [6.07, 6.45) is 1.07. The van der Waals surface area contributed by atoms with Gasteiger partial charge in [-0.05, 0) is 25.1 Å². The van der Waals surface area contributed by atoms with E-state index in [2.05, 4.69) is 4.99 Å². The Morgan fingerprint density at radius 2 is 1.62 bits per heavy atom. The molecule has 0 saturated carbocycles. The molecule has 1 aromatic rings. The molecule has 0 unspecified atom stereocenters. The van der Waals surface area contributed by atoms with E-state index in [4.69, 9.17) is 0 Å². The van der Waals surface area contributed by atoms with Crippen molar-refractivity contribution in [2.45, 2.75) is 11.8 Å². The fraction of sp³-hybridized carbons (Fsp3) is 0.125. The predicted molar refractivity (Wildman–Crippen MR) is 51.6 cm³/mol. The summed E-state index contributed by atoms with van der Waals surface area (Å²) in [4.78, 5) is 1.05. The first-order chi connectivity index (χ1) is 6.92. The highest BCUT2D eigenvalue weighted by Crippen LogP contribution is 3.02. The summed E-state index contributed by atoms with van der Waals surface area (Å²) in [7, 11) is -9.84. The third kappa shape index (κ3) is 3.16. The lowest BCUT2D eigenvalue weighted by Gasteiger charge is -2.40. The molecule has 16 heavy (non-hydrogen) atoms. The molecule has 0 aliphatic carbocycles. The molecular weight excluding hydrogens is 256 g/mol. The van der Waals surface area contributed by atoms with Crippen molar-refractivity contribution in [2.75, 3.05) is 0 Å². The summed E-state index contributed by atoms with van der Waals surface area (Å²) < 4.78 is 74.4. The zero-order chi connectivity index (χ0) is 12.7. The lowest BCUT2D eigenvalue weighted by molar-refractivity contribution is 0.363. The molecular formula is C8H7F6NS. The SMILES string of the molecule is CC=Nc1cc(F)cc(S(F)(F)(F)(F)F)c1. The Morgan fingerprint density at radius 1 is 1.06 bits per heavy atom. The van der Waals surface area contributed by atoms with Crippen molar-refractivity contribution in [1.29, 1.82) is 0 Å². The van der Waals surface area contributed by atoms with E-state index in [1.807, 2.05) is 0 Å². The Bertz CT molecular complexity index is 449. The van der Waals surface area contributed by atoms with Crippen molar-refractivity contribution in [3.05, 3.63) is 24.0 Å². The predicted octanol–water partition coefficient (Wildman–Crippen LogP) is 5.21. The molecule has 1 aromatic carbocycles. The van der Waals surface area contributed by atoms with E-state index in [9.17, 15) is 23.8 Å². The summed E-state index contributed by atoms with van der Waals surface area (Å²) in [5.41, 5.74) is -0.509. The minimum Gasteiger partial charge on any atom is -0.261 e. The van der Waals surface area contributed by atoms with Crippen molar-refractivity contribution in [1.82, 2.24) is 0 Å². The van der Waals surface area contributed by atoms with Crippen LogP contribution in [0.25, 0.3) is 0 Å². The van der Waals surface area contributed by atoms with Crippen LogP contribution in [0.3, 0.4) is 0 Å². The van der Waals surface area contributed by atoms with Gasteiger partial charge in [-0.2, -0.15) is 0 Å². The highest BCUT2D eigenvalue weighted by Gasteiger charge is 2.65. The van der Waals surface area contributed by atoms with E-state index in [0.717, 1.165) is 6.21 Å². The van der Waals surface area contributed by atoms with Crippen LogP contribution in [0.4, 0.5) is 29.5 Å². The van der Waals surface area contributed by atoms with Gasteiger partial charge in [0.25, 0.3) is 0 Å². The fourth-order valence-corrected chi connectivity index (χ4v) is 1.67. The van der Waals surface area contributed by atoms with Crippen molar-refractivity contribution in [2.24, 2.45) is 4.99 Å². The first-order valence-electron chi connectivity index (χ1n) is 3.96. The quantitative estimate of drug-likeness (QED) is 0.513. The first-order valence-corrected chi connectivity index (χ1v) is 5.91. The Hall–Kier alpha value is -1.18. The van der Waals surface area contributed by atoms with Gasteiger partial charge in [-0.1, -0.05) is 19.4 Å². The zero-order valence-electron chi connectivity index (χ0n) is 7.93. The number of hydrogen-bond acceptors (Lipinski definition) is 1. The van der Waals surface area contributed by atoms with Gasteiger partial charge in [0.2, 0.25) is 0 Å². The molecule has 8 heteroatoms. The molecule has 92 valence electrons. The molecule has 0 N–H and O–H groups in total. The second-order valence-corrected chi connectivity index (χ2v) is 5.41. The molecule has 1 rings (SSSR count). The van der Waals surface area contributed by atoms with Gasteiger partial charge >= 0.3 is 10.2 Å². The molecule has 0 aromatic heterocycles. The summed E-state index contributed by atoms with van der Waals surface area (Å²) in [5.74, 6) is -1.41. The van der Waals surface area contributed by atoms with Gasteiger partial charge < -0.3 is 0 Å². The lowest BCUT2D eigenvalue weighted by atomic mass is 10.3. The van der Waals surface area contributed by atoms with Crippen molar-refractivity contribution in [3.63, 3.8) is 0 Å². The molecule has 0 atom stereocenters. The summed E-state index contributed by atoms with van der Waals surface area (Å²) in [5, 5.41) is 0. The maximum Gasteiger partial charge on any atom is 0.310 e. The van der Waals surface area contributed by atoms with Crippen LogP contribution in [-0.4, -0.2) is 6.21 Å². The maximum atomic E-state index is 12.7. The number of halogens is 6. The van der Waals surface area contributed by atoms with Gasteiger partial charge in [0.15, 0.2) is 0 Å². The van der Waals surface area contributed by atoms with Crippen LogP contribution < -0.4 is 0 Å². The van der Waals surface area contributed by atoms with Gasteiger partial charge in [0.1, 0.15) is 10.7 Å². The minimum absolute atomic E-state index is 0.116. The third-order valence-corrected chi connectivity index (χ3v) is 2.71. The van der Waals surface area contributed by atoms with Crippen LogP contribution in [0.1, 0.15) is 6.92 Å². The van der Waals surface area contributed by atoms with Crippen molar-refractivity contribution in [3.8, 4) is 0 Å². The monoisotopic (exact) mass is 263 g/mol. The molecule has 0 radical (unpaired) electrons. The molecule has 0 fully saturated rings. The summed E-state index contributed by atoms with van der Waals surface area (Å²) in [6, 6.07) is 0.508. The van der Waals surface area contributed by atoms with Gasteiger partial charge in [-0.15, -0.1) is 0 Å². The first kappa shape index (κ1) is 12.9. The van der Waals surface area contributed by atoms with E-state index in [0.29, 0.717) is 6.07 Å². The Balaban J connectivity index is 3.49. The standard InChI is InChI=1S/C8H7F6NS/c1-2-15-7-3-6(9)4-8(5-7)16(10,11,12,13)14/h2-5H,1H3. The molecule has 0 bridgehead atoms. The van der Waals surface area contributed by atoms with Crippen LogP contribution in [0.15, 0.2) is 28.1 Å². The summed E-state index contributed by atoms with van der Waals surface area (Å²) >= 11 is 0. The van der Waals surface area contributed by atoms with E-state index in [1.165, 1.54) is 6.92 Å². The number of rotatable bonds is 2. The second kappa shape index (κ2) is 2.93. The number of benzene rings is 1. The van der Waals surface area contributed by atoms with E-state index in [-0.39, 0.29) is 12.1 Å². The van der Waals surface area contributed by atoms with Crippen molar-refractivity contribution < 1.29 is 23.8 Å². The lowest BCUT2D eigenvalue weighted by Crippen LogP contribution is -2.06. The summed E-state index contributed by atoms with van der Waals surface area (Å²) in [6.45, 7) is 1.37. The largest absolute Gasteiger partial charge is 0.310 e. The average Bonchev–Trinajstić information content (AvgIpc) is 1.99. The molecule has 0 aliphatic heterocycles. The molecule has 1 nitrogen and oxygen atoms in total. The maximum absolute atomic E-state index is 12.7. The van der Waals surface area contributed by atoms with Crippen LogP contribution in [0.5, 0.6) is 0 Å². The smallest absolute Gasteiger partial charge is 0.261 e. The molecule has 0 heterocycles. The average molecular weight is 263 g/mol. The van der Waals surface area contributed by atoms with Crippen LogP contribution in [-0.2, 0) is 0 Å². The van der Waals surface area contributed by atoms with Crippen LogP contribution in [0.2, 0.25) is 0 Å². The number of aliphatic imine (C=N–C) groups is 1. The van der Waals surface area contributed by atoms with Gasteiger partial charge in [-0.25, -0.2) is 4.39 Å². The molecule has 0 spiro atoms. The third-order valence-electron chi connectivity index (χ3n) is 1.58. The van der Waals surface area contributed by atoms with Gasteiger partial charge in [-0.3, -0.25) is 4.99 Å². The van der Waals surface area contributed by atoms with Crippen molar-refractivity contribution >= 4 is 22.1 Å². The Kier molecular flexibility index (Phi) is 2.36. The highest BCUT2D eigenvalue weighted by atomic mass is 32.5. The molecule has 0 aliphatic rings. The fourth-order valence-electron chi connectivity index (χ4n) is 0.994. The second-order valence-electron chi connectivity index (χ2n) is 3.00. The Labute approximate surface area is 87.5 Å². The topological polar surface area (TPSA) is 12.4 Å². The van der Waals surface area contributed by atoms with E-state index in [1.54, 1.807) is 0 Å². The molecule has 0 amide bonds. The molecule has 0 saturated heterocycles. The van der Waals surface area contributed by atoms with Crippen LogP contribution >= 0.6 is 10.2 Å². The minimum atomic E-state index is -9.84.